The molecular formula is C34H29ClN2O. The minimum atomic E-state index is 0.0880. The average molecular weight is 517 g/mol. The Morgan fingerprint density at radius 3 is 2.11 bits per heavy atom. The van der Waals surface area contributed by atoms with Crippen LogP contribution in [0.25, 0.3) is 21.8 Å². The summed E-state index contributed by atoms with van der Waals surface area (Å²) in [6.45, 7) is 4.54. The van der Waals surface area contributed by atoms with Crippen LogP contribution in [-0.4, -0.2) is 16.7 Å². The van der Waals surface area contributed by atoms with E-state index in [-0.39, 0.29) is 17.9 Å². The van der Waals surface area contributed by atoms with E-state index in [4.69, 9.17) is 16.3 Å². The molecule has 3 atom stereocenters. The average Bonchev–Trinajstić information content (AvgIpc) is 3.57. The SMILES string of the molecule is COc1ccc([C@@H]2[C@@H](c3ccc(Cl)cc3)c3c(C)c4ccccc4n3[C@H]2c2[nH]c3ccccc3c2C)cc1. The van der Waals surface area contributed by atoms with Crippen molar-refractivity contribution in [2.24, 2.45) is 0 Å². The van der Waals surface area contributed by atoms with Gasteiger partial charge in [0.05, 0.1) is 13.2 Å². The second kappa shape index (κ2) is 8.82. The zero-order valence-electron chi connectivity index (χ0n) is 21.7. The van der Waals surface area contributed by atoms with Crippen molar-refractivity contribution >= 4 is 33.4 Å². The van der Waals surface area contributed by atoms with Crippen LogP contribution in [-0.2, 0) is 0 Å². The van der Waals surface area contributed by atoms with Crippen LogP contribution in [0.1, 0.15) is 51.5 Å². The summed E-state index contributed by atoms with van der Waals surface area (Å²) in [6, 6.07) is 34.6. The number of para-hydroxylation sites is 2. The first-order valence-corrected chi connectivity index (χ1v) is 13.5. The lowest BCUT2D eigenvalue weighted by molar-refractivity contribution is 0.414. The van der Waals surface area contributed by atoms with Gasteiger partial charge in [0.1, 0.15) is 5.75 Å². The summed E-state index contributed by atoms with van der Waals surface area (Å²) in [5, 5.41) is 3.35. The molecule has 3 heterocycles. The minimum Gasteiger partial charge on any atom is -0.497 e. The number of nitrogens with one attached hydrogen (secondary N) is 1. The Balaban J connectivity index is 1.57. The summed E-state index contributed by atoms with van der Waals surface area (Å²) in [6.07, 6.45) is 0. The van der Waals surface area contributed by atoms with Crippen molar-refractivity contribution in [3.05, 3.63) is 136 Å². The first kappa shape index (κ1) is 23.2. The van der Waals surface area contributed by atoms with Gasteiger partial charge in [-0.05, 0) is 72.5 Å². The van der Waals surface area contributed by atoms with Crippen molar-refractivity contribution < 1.29 is 4.74 Å². The van der Waals surface area contributed by atoms with Crippen LogP contribution < -0.4 is 4.74 Å². The molecule has 1 aliphatic rings. The van der Waals surface area contributed by atoms with Crippen molar-refractivity contribution in [2.75, 3.05) is 7.11 Å². The van der Waals surface area contributed by atoms with E-state index in [2.05, 4.69) is 108 Å². The fraction of sp³-hybridized carbons (Fsp3) is 0.176. The molecule has 0 radical (unpaired) electrons. The molecule has 2 aromatic heterocycles. The number of hydrogen-bond donors (Lipinski definition) is 1. The third-order valence-corrected chi connectivity index (χ3v) is 8.77. The first-order valence-electron chi connectivity index (χ1n) is 13.1. The van der Waals surface area contributed by atoms with E-state index in [1.807, 2.05) is 12.1 Å². The number of aromatic amines is 1. The Morgan fingerprint density at radius 2 is 1.39 bits per heavy atom. The van der Waals surface area contributed by atoms with Gasteiger partial charge in [0, 0.05) is 50.1 Å². The number of halogens is 1. The standard InChI is InChI=1S/C34H29ClN2O/c1-20-26-8-4-6-10-28(26)36-32(20)34-31(23-14-18-25(38-3)19-15-23)30(22-12-16-24(35)17-13-22)33-21(2)27-9-5-7-11-29(27)37(33)34/h4-19,30-31,34,36H,1-3H3/t30-,31-,34-/m1/s1. The number of fused-ring (bicyclic) bond motifs is 4. The summed E-state index contributed by atoms with van der Waals surface area (Å²) >= 11 is 6.37. The van der Waals surface area contributed by atoms with Crippen LogP contribution in [0.15, 0.2) is 97.1 Å². The molecule has 6 aromatic rings. The molecule has 4 heteroatoms. The van der Waals surface area contributed by atoms with Gasteiger partial charge >= 0.3 is 0 Å². The first-order chi connectivity index (χ1) is 18.6. The molecule has 38 heavy (non-hydrogen) atoms. The van der Waals surface area contributed by atoms with Crippen molar-refractivity contribution in [1.29, 1.82) is 0 Å². The predicted octanol–water partition coefficient (Wildman–Crippen LogP) is 8.92. The molecule has 0 fully saturated rings. The van der Waals surface area contributed by atoms with E-state index in [1.54, 1.807) is 7.11 Å². The fourth-order valence-electron chi connectivity index (χ4n) is 6.79. The van der Waals surface area contributed by atoms with Crippen LogP contribution in [0.5, 0.6) is 5.75 Å². The number of rotatable bonds is 4. The van der Waals surface area contributed by atoms with Gasteiger partial charge in [0.2, 0.25) is 0 Å². The quantitative estimate of drug-likeness (QED) is 0.249. The van der Waals surface area contributed by atoms with E-state index >= 15 is 0 Å². The lowest BCUT2D eigenvalue weighted by atomic mass is 9.76. The molecule has 3 nitrogen and oxygen atoms in total. The molecule has 1 N–H and O–H groups in total. The maximum absolute atomic E-state index is 6.37. The fourth-order valence-corrected chi connectivity index (χ4v) is 6.91. The number of aromatic nitrogens is 2. The molecule has 0 saturated carbocycles. The molecule has 0 saturated heterocycles. The Bertz CT molecular complexity index is 1790. The van der Waals surface area contributed by atoms with E-state index in [1.165, 1.54) is 55.4 Å². The molecular weight excluding hydrogens is 488 g/mol. The minimum absolute atomic E-state index is 0.0880. The number of hydrogen-bond acceptors (Lipinski definition) is 1. The van der Waals surface area contributed by atoms with Crippen LogP contribution in [0.3, 0.4) is 0 Å². The van der Waals surface area contributed by atoms with E-state index < -0.39 is 0 Å². The van der Waals surface area contributed by atoms with Crippen LogP contribution in [0.4, 0.5) is 0 Å². The monoisotopic (exact) mass is 516 g/mol. The number of ether oxygens (including phenoxy) is 1. The summed E-state index contributed by atoms with van der Waals surface area (Å²) in [5.41, 5.74) is 10.3. The number of H-pyrrole nitrogens is 1. The highest BCUT2D eigenvalue weighted by atomic mass is 35.5. The van der Waals surface area contributed by atoms with Crippen molar-refractivity contribution in [3.63, 3.8) is 0 Å². The molecule has 188 valence electrons. The maximum atomic E-state index is 6.37. The summed E-state index contributed by atoms with van der Waals surface area (Å²) < 4.78 is 8.13. The second-order valence-corrected chi connectivity index (χ2v) is 10.8. The van der Waals surface area contributed by atoms with E-state index in [9.17, 15) is 0 Å². The van der Waals surface area contributed by atoms with Gasteiger partial charge < -0.3 is 14.3 Å². The highest BCUT2D eigenvalue weighted by molar-refractivity contribution is 6.30. The predicted molar refractivity (Wildman–Crippen MR) is 157 cm³/mol. The molecule has 4 aromatic carbocycles. The maximum Gasteiger partial charge on any atom is 0.118 e. The number of aryl methyl sites for hydroxylation is 2. The van der Waals surface area contributed by atoms with Gasteiger partial charge in [-0.25, -0.2) is 0 Å². The molecule has 1 aliphatic heterocycles. The van der Waals surface area contributed by atoms with Crippen molar-refractivity contribution in [2.45, 2.75) is 31.7 Å². The molecule has 0 spiro atoms. The number of nitrogens with zero attached hydrogens (tertiary/aromatic N) is 1. The molecule has 0 bridgehead atoms. The lowest BCUT2D eigenvalue weighted by Crippen LogP contribution is -2.17. The van der Waals surface area contributed by atoms with Gasteiger partial charge in [0.15, 0.2) is 0 Å². The third kappa shape index (κ3) is 3.35. The van der Waals surface area contributed by atoms with E-state index in [0.717, 1.165) is 10.8 Å². The zero-order chi connectivity index (χ0) is 26.0. The Kier molecular flexibility index (Phi) is 5.38. The van der Waals surface area contributed by atoms with E-state index in [0.29, 0.717) is 0 Å². The van der Waals surface area contributed by atoms with Crippen molar-refractivity contribution in [3.8, 4) is 5.75 Å². The number of methoxy groups -OCH3 is 1. The van der Waals surface area contributed by atoms with Gasteiger partial charge in [0.25, 0.3) is 0 Å². The summed E-state index contributed by atoms with van der Waals surface area (Å²) in [7, 11) is 1.72. The van der Waals surface area contributed by atoms with Gasteiger partial charge in [-0.15, -0.1) is 0 Å². The Labute approximate surface area is 227 Å². The van der Waals surface area contributed by atoms with Gasteiger partial charge in [-0.1, -0.05) is 72.3 Å². The topological polar surface area (TPSA) is 29.9 Å². The van der Waals surface area contributed by atoms with Crippen molar-refractivity contribution in [1.82, 2.24) is 9.55 Å². The third-order valence-electron chi connectivity index (χ3n) is 8.51. The Hall–Kier alpha value is -3.95. The molecule has 0 aliphatic carbocycles. The van der Waals surface area contributed by atoms with Crippen LogP contribution in [0.2, 0.25) is 5.02 Å². The number of benzene rings is 4. The van der Waals surface area contributed by atoms with Crippen LogP contribution in [0, 0.1) is 13.8 Å². The lowest BCUT2D eigenvalue weighted by Gasteiger charge is -2.27. The molecule has 0 unspecified atom stereocenters. The zero-order valence-corrected chi connectivity index (χ0v) is 22.5. The summed E-state index contributed by atoms with van der Waals surface area (Å²) in [4.78, 5) is 3.86. The Morgan fingerprint density at radius 1 is 0.737 bits per heavy atom. The molecule has 7 rings (SSSR count). The normalized spacial score (nSPS) is 18.8. The second-order valence-electron chi connectivity index (χ2n) is 10.4. The largest absolute Gasteiger partial charge is 0.497 e. The molecule has 0 amide bonds. The summed E-state index contributed by atoms with van der Waals surface area (Å²) in [5.74, 6) is 1.20. The van der Waals surface area contributed by atoms with Crippen LogP contribution >= 0.6 is 11.6 Å². The smallest absolute Gasteiger partial charge is 0.118 e. The van der Waals surface area contributed by atoms with Gasteiger partial charge in [-0.3, -0.25) is 0 Å². The van der Waals surface area contributed by atoms with Gasteiger partial charge in [-0.2, -0.15) is 0 Å². The highest BCUT2D eigenvalue weighted by Gasteiger charge is 2.46. The highest BCUT2D eigenvalue weighted by Crippen LogP contribution is 2.57.